The van der Waals surface area contributed by atoms with Gasteiger partial charge in [-0.15, -0.1) is 11.6 Å². The van der Waals surface area contributed by atoms with E-state index in [9.17, 15) is 14.4 Å². The lowest BCUT2D eigenvalue weighted by Gasteiger charge is -2.25. The minimum absolute atomic E-state index is 0.244. The van der Waals surface area contributed by atoms with E-state index in [-0.39, 0.29) is 5.88 Å². The van der Waals surface area contributed by atoms with Crippen LogP contribution in [0.3, 0.4) is 0 Å². The fraction of sp³-hybridized carbons (Fsp3) is 0.471. The van der Waals surface area contributed by atoms with Crippen molar-refractivity contribution in [1.29, 1.82) is 0 Å². The molecule has 0 radical (unpaired) electrons. The van der Waals surface area contributed by atoms with Crippen LogP contribution in [0.5, 0.6) is 0 Å². The zero-order chi connectivity index (χ0) is 18.3. The summed E-state index contributed by atoms with van der Waals surface area (Å²) in [4.78, 5) is 36.0. The Bertz CT molecular complexity index is 584. The molecule has 0 unspecified atom stereocenters. The van der Waals surface area contributed by atoms with Crippen molar-refractivity contribution in [2.75, 3.05) is 5.88 Å². The molecular weight excluding hydrogens is 332 g/mol. The van der Waals surface area contributed by atoms with Gasteiger partial charge in [-0.05, 0) is 33.3 Å². The van der Waals surface area contributed by atoms with Crippen LogP contribution in [0, 0.1) is 0 Å². The third-order valence-electron chi connectivity index (χ3n) is 2.95. The summed E-state index contributed by atoms with van der Waals surface area (Å²) in [7, 11) is 0. The molecule has 0 fully saturated rings. The summed E-state index contributed by atoms with van der Waals surface area (Å²) in [5.41, 5.74) is -0.0937. The first kappa shape index (κ1) is 20.0. The van der Waals surface area contributed by atoms with E-state index in [0.717, 1.165) is 0 Å². The van der Waals surface area contributed by atoms with E-state index in [0.29, 0.717) is 5.56 Å². The number of ether oxygens (including phenoxy) is 1. The van der Waals surface area contributed by atoms with Crippen LogP contribution in [0.15, 0.2) is 30.3 Å². The average Bonchev–Trinajstić information content (AvgIpc) is 2.51. The van der Waals surface area contributed by atoms with E-state index in [2.05, 4.69) is 10.6 Å². The van der Waals surface area contributed by atoms with Crippen LogP contribution in [-0.4, -0.2) is 35.3 Å². The number of benzene rings is 1. The molecule has 1 aromatic rings. The maximum Gasteiger partial charge on any atom is 0.333 e. The quantitative estimate of drug-likeness (QED) is 0.604. The lowest BCUT2D eigenvalue weighted by molar-refractivity contribution is -0.159. The van der Waals surface area contributed by atoms with E-state index in [1.807, 2.05) is 0 Å². The van der Waals surface area contributed by atoms with Gasteiger partial charge in [0.25, 0.3) is 0 Å². The molecule has 132 valence electrons. The largest absolute Gasteiger partial charge is 0.458 e. The van der Waals surface area contributed by atoms with Gasteiger partial charge in [0.2, 0.25) is 11.8 Å². The first-order valence-corrected chi connectivity index (χ1v) is 8.11. The number of alkyl halides is 1. The Morgan fingerprint density at radius 3 is 2.21 bits per heavy atom. The topological polar surface area (TPSA) is 84.5 Å². The zero-order valence-corrected chi connectivity index (χ0v) is 15.0. The van der Waals surface area contributed by atoms with Gasteiger partial charge in [-0.25, -0.2) is 4.79 Å². The van der Waals surface area contributed by atoms with Crippen LogP contribution < -0.4 is 10.6 Å². The highest BCUT2D eigenvalue weighted by Crippen LogP contribution is 2.18. The molecule has 1 rings (SSSR count). The van der Waals surface area contributed by atoms with Crippen molar-refractivity contribution in [2.24, 2.45) is 0 Å². The first-order chi connectivity index (χ1) is 11.1. The smallest absolute Gasteiger partial charge is 0.333 e. The number of carbonyl (C=O) groups excluding carboxylic acids is 3. The predicted molar refractivity (Wildman–Crippen MR) is 91.5 cm³/mol. The van der Waals surface area contributed by atoms with Crippen LogP contribution in [0.1, 0.15) is 39.3 Å². The van der Waals surface area contributed by atoms with Gasteiger partial charge in [0, 0.05) is 0 Å². The van der Waals surface area contributed by atoms with Gasteiger partial charge in [0.05, 0.1) is 0 Å². The monoisotopic (exact) mass is 354 g/mol. The summed E-state index contributed by atoms with van der Waals surface area (Å²) in [6.07, 6.45) is 0. The molecule has 2 N–H and O–H groups in total. The fourth-order valence-corrected chi connectivity index (χ4v) is 1.97. The minimum Gasteiger partial charge on any atom is -0.458 e. The standard InChI is InChI=1S/C17H23ClN2O4/c1-11(19-13(21)10-18)15(22)20-14(12-8-6-5-7-9-12)16(23)24-17(2,3)4/h5-9,11,14H,10H2,1-4H3,(H,19,21)(H,20,22)/t11-,14-/m0/s1. The van der Waals surface area contributed by atoms with Gasteiger partial charge in [-0.1, -0.05) is 30.3 Å². The lowest BCUT2D eigenvalue weighted by atomic mass is 10.1. The molecule has 2 atom stereocenters. The number of carbonyl (C=O) groups is 3. The van der Waals surface area contributed by atoms with Crippen molar-refractivity contribution in [3.05, 3.63) is 35.9 Å². The third kappa shape index (κ3) is 6.58. The highest BCUT2D eigenvalue weighted by Gasteiger charge is 2.29. The summed E-state index contributed by atoms with van der Waals surface area (Å²) >= 11 is 5.41. The number of esters is 1. The molecule has 0 heterocycles. The van der Waals surface area contributed by atoms with Crippen LogP contribution >= 0.6 is 11.6 Å². The Hall–Kier alpha value is -2.08. The summed E-state index contributed by atoms with van der Waals surface area (Å²) in [6, 6.07) is 6.97. The van der Waals surface area contributed by atoms with Crippen LogP contribution in [-0.2, 0) is 19.1 Å². The van der Waals surface area contributed by atoms with Crippen molar-refractivity contribution in [2.45, 2.75) is 45.4 Å². The summed E-state index contributed by atoms with van der Waals surface area (Å²) < 4.78 is 5.38. The molecular formula is C17H23ClN2O4. The van der Waals surface area contributed by atoms with Gasteiger partial charge >= 0.3 is 5.97 Å². The van der Waals surface area contributed by atoms with Gasteiger partial charge < -0.3 is 15.4 Å². The fourth-order valence-electron chi connectivity index (χ4n) is 1.90. The number of halogens is 1. The number of rotatable bonds is 6. The van der Waals surface area contributed by atoms with Crippen LogP contribution in [0.4, 0.5) is 0 Å². The molecule has 6 nitrogen and oxygen atoms in total. The normalized spacial score (nSPS) is 13.5. The second kappa shape index (κ2) is 8.68. The molecule has 0 aliphatic heterocycles. The molecule has 0 saturated carbocycles. The molecule has 0 bridgehead atoms. The van der Waals surface area contributed by atoms with E-state index in [4.69, 9.17) is 16.3 Å². The van der Waals surface area contributed by atoms with Gasteiger partial charge in [0.1, 0.15) is 17.5 Å². The zero-order valence-electron chi connectivity index (χ0n) is 14.3. The minimum atomic E-state index is -0.965. The van der Waals surface area contributed by atoms with Gasteiger partial charge in [0.15, 0.2) is 6.04 Å². The first-order valence-electron chi connectivity index (χ1n) is 7.57. The second-order valence-corrected chi connectivity index (χ2v) is 6.58. The number of hydrogen-bond acceptors (Lipinski definition) is 4. The SMILES string of the molecule is C[C@H](NC(=O)CCl)C(=O)N[C@H](C(=O)OC(C)(C)C)c1ccccc1. The Morgan fingerprint density at radius 2 is 1.71 bits per heavy atom. The van der Waals surface area contributed by atoms with Crippen molar-refractivity contribution < 1.29 is 19.1 Å². The number of hydrogen-bond donors (Lipinski definition) is 2. The molecule has 0 spiro atoms. The van der Waals surface area contributed by atoms with E-state index >= 15 is 0 Å². The van der Waals surface area contributed by atoms with Crippen molar-refractivity contribution in [1.82, 2.24) is 10.6 Å². The van der Waals surface area contributed by atoms with Crippen molar-refractivity contribution in [3.8, 4) is 0 Å². The van der Waals surface area contributed by atoms with Crippen molar-refractivity contribution in [3.63, 3.8) is 0 Å². The summed E-state index contributed by atoms with van der Waals surface area (Å²) in [5.74, 6) is -1.79. The Balaban J connectivity index is 2.92. The second-order valence-electron chi connectivity index (χ2n) is 6.31. The Kier molecular flexibility index (Phi) is 7.22. The molecule has 24 heavy (non-hydrogen) atoms. The van der Waals surface area contributed by atoms with E-state index < -0.39 is 35.5 Å². The highest BCUT2D eigenvalue weighted by atomic mass is 35.5. The molecule has 7 heteroatoms. The third-order valence-corrected chi connectivity index (χ3v) is 3.20. The molecule has 2 amide bonds. The Labute approximate surface area is 146 Å². The molecule has 0 saturated heterocycles. The number of nitrogens with one attached hydrogen (secondary N) is 2. The lowest BCUT2D eigenvalue weighted by Crippen LogP contribution is -2.48. The summed E-state index contributed by atoms with van der Waals surface area (Å²) in [6.45, 7) is 6.76. The van der Waals surface area contributed by atoms with E-state index in [1.54, 1.807) is 51.1 Å². The molecule has 0 aromatic heterocycles. The maximum absolute atomic E-state index is 12.5. The summed E-state index contributed by atoms with van der Waals surface area (Å²) in [5, 5.41) is 5.05. The van der Waals surface area contributed by atoms with Crippen LogP contribution in [0.2, 0.25) is 0 Å². The Morgan fingerprint density at radius 1 is 1.12 bits per heavy atom. The van der Waals surface area contributed by atoms with Crippen LogP contribution in [0.25, 0.3) is 0 Å². The molecule has 1 aromatic carbocycles. The molecule has 0 aliphatic rings. The maximum atomic E-state index is 12.5. The molecule has 0 aliphatic carbocycles. The number of amides is 2. The highest BCUT2D eigenvalue weighted by molar-refractivity contribution is 6.27. The predicted octanol–water partition coefficient (Wildman–Crippen LogP) is 1.93. The van der Waals surface area contributed by atoms with Crippen molar-refractivity contribution >= 4 is 29.4 Å². The van der Waals surface area contributed by atoms with Gasteiger partial charge in [-0.2, -0.15) is 0 Å². The average molecular weight is 355 g/mol. The van der Waals surface area contributed by atoms with Gasteiger partial charge in [-0.3, -0.25) is 9.59 Å². The van der Waals surface area contributed by atoms with E-state index in [1.165, 1.54) is 6.92 Å².